The molecule has 0 spiro atoms. The van der Waals surface area contributed by atoms with E-state index in [2.05, 4.69) is 33.5 Å². The Morgan fingerprint density at radius 2 is 1.78 bits per heavy atom. The van der Waals surface area contributed by atoms with E-state index >= 15 is 0 Å². The summed E-state index contributed by atoms with van der Waals surface area (Å²) in [6.07, 6.45) is 1.25. The highest BCUT2D eigenvalue weighted by atomic mass is 32.2. The van der Waals surface area contributed by atoms with E-state index in [0.29, 0.717) is 19.4 Å². The normalized spacial score (nSPS) is 21.0. The molecule has 150 valence electrons. The van der Waals surface area contributed by atoms with Gasteiger partial charge in [-0.2, -0.15) is 0 Å². The van der Waals surface area contributed by atoms with Crippen molar-refractivity contribution in [1.82, 2.24) is 10.2 Å². The molecule has 27 heavy (non-hydrogen) atoms. The van der Waals surface area contributed by atoms with E-state index in [-0.39, 0.29) is 23.5 Å². The van der Waals surface area contributed by atoms with E-state index in [4.69, 9.17) is 0 Å². The maximum atomic E-state index is 12.3. The van der Waals surface area contributed by atoms with E-state index < -0.39 is 9.84 Å². The smallest absolute Gasteiger partial charge is 0.319 e. The van der Waals surface area contributed by atoms with Gasteiger partial charge in [-0.25, -0.2) is 13.2 Å². The number of aryl methyl sites for hydroxylation is 1. The van der Waals surface area contributed by atoms with Crippen LogP contribution in [0.25, 0.3) is 0 Å². The molecule has 1 aromatic carbocycles. The fourth-order valence-corrected chi connectivity index (χ4v) is 5.23. The van der Waals surface area contributed by atoms with E-state index in [9.17, 15) is 13.2 Å². The molecule has 2 fully saturated rings. The molecule has 0 aromatic heterocycles. The first-order valence-corrected chi connectivity index (χ1v) is 11.4. The lowest BCUT2D eigenvalue weighted by atomic mass is 10.0. The SMILES string of the molecule is Cc1cc(NC(=O)NCC2CCS(=O)(=O)CC2)cc(N2CCN(C)CC2)c1. The molecule has 2 saturated heterocycles. The molecule has 0 unspecified atom stereocenters. The number of hydrogen-bond donors (Lipinski definition) is 2. The predicted octanol–water partition coefficient (Wildman–Crippen LogP) is 1.69. The number of carbonyl (C=O) groups excluding carboxylic acids is 1. The van der Waals surface area contributed by atoms with Crippen molar-refractivity contribution in [3.05, 3.63) is 23.8 Å². The lowest BCUT2D eigenvalue weighted by Crippen LogP contribution is -2.44. The number of benzene rings is 1. The molecule has 8 heteroatoms. The summed E-state index contributed by atoms with van der Waals surface area (Å²) in [5.41, 5.74) is 3.03. The monoisotopic (exact) mass is 394 g/mol. The van der Waals surface area contributed by atoms with Crippen molar-refractivity contribution in [1.29, 1.82) is 0 Å². The van der Waals surface area contributed by atoms with E-state index in [1.165, 1.54) is 0 Å². The van der Waals surface area contributed by atoms with Gasteiger partial charge in [0.15, 0.2) is 0 Å². The van der Waals surface area contributed by atoms with Gasteiger partial charge in [0.25, 0.3) is 0 Å². The molecular formula is C19H30N4O3S. The molecule has 7 nitrogen and oxygen atoms in total. The Bertz CT molecular complexity index is 759. The number of rotatable bonds is 4. The molecule has 0 atom stereocenters. The van der Waals surface area contributed by atoms with Gasteiger partial charge in [0.1, 0.15) is 9.84 Å². The third-order valence-corrected chi connectivity index (χ3v) is 7.13. The average molecular weight is 395 g/mol. The van der Waals surface area contributed by atoms with Crippen LogP contribution in [0.2, 0.25) is 0 Å². The Hall–Kier alpha value is -1.80. The zero-order valence-electron chi connectivity index (χ0n) is 16.2. The van der Waals surface area contributed by atoms with Crippen LogP contribution in [0, 0.1) is 12.8 Å². The summed E-state index contributed by atoms with van der Waals surface area (Å²) in [6.45, 7) is 6.58. The zero-order chi connectivity index (χ0) is 19.4. The molecule has 2 aliphatic heterocycles. The number of likely N-dealkylation sites (N-methyl/N-ethyl adjacent to an activating group) is 1. The van der Waals surface area contributed by atoms with Gasteiger partial charge < -0.3 is 20.4 Å². The molecule has 0 saturated carbocycles. The van der Waals surface area contributed by atoms with Crippen LogP contribution >= 0.6 is 0 Å². The summed E-state index contributed by atoms with van der Waals surface area (Å²) >= 11 is 0. The molecule has 2 aliphatic rings. The quantitative estimate of drug-likeness (QED) is 0.812. The highest BCUT2D eigenvalue weighted by molar-refractivity contribution is 7.91. The van der Waals surface area contributed by atoms with Crippen molar-refractivity contribution in [3.63, 3.8) is 0 Å². The largest absolute Gasteiger partial charge is 0.369 e. The number of nitrogens with zero attached hydrogens (tertiary/aromatic N) is 2. The van der Waals surface area contributed by atoms with Crippen molar-refractivity contribution in [2.75, 3.05) is 61.5 Å². The lowest BCUT2D eigenvalue weighted by Gasteiger charge is -2.34. The molecule has 0 radical (unpaired) electrons. The van der Waals surface area contributed by atoms with Gasteiger partial charge >= 0.3 is 6.03 Å². The van der Waals surface area contributed by atoms with Crippen LogP contribution in [-0.4, -0.2) is 70.6 Å². The molecule has 2 amide bonds. The van der Waals surface area contributed by atoms with E-state index in [1.54, 1.807) is 0 Å². The van der Waals surface area contributed by atoms with Gasteiger partial charge in [0.05, 0.1) is 11.5 Å². The second-order valence-corrected chi connectivity index (χ2v) is 10.1. The minimum atomic E-state index is -2.86. The van der Waals surface area contributed by atoms with Gasteiger partial charge in [-0.15, -0.1) is 0 Å². The van der Waals surface area contributed by atoms with Crippen molar-refractivity contribution in [2.24, 2.45) is 5.92 Å². The number of carbonyl (C=O) groups is 1. The molecule has 2 heterocycles. The standard InChI is InChI=1S/C19H30N4O3S/c1-15-11-17(13-18(12-15)23-7-5-22(2)6-8-23)21-19(24)20-14-16-3-9-27(25,26)10-4-16/h11-13,16H,3-10,14H2,1-2H3,(H2,20,21,24). The first kappa shape index (κ1) is 19.9. The summed E-state index contributed by atoms with van der Waals surface area (Å²) in [6, 6.07) is 5.90. The number of hydrogen-bond acceptors (Lipinski definition) is 5. The Morgan fingerprint density at radius 3 is 2.44 bits per heavy atom. The van der Waals surface area contributed by atoms with Crippen LogP contribution in [0.1, 0.15) is 18.4 Å². The van der Waals surface area contributed by atoms with Crippen LogP contribution in [0.3, 0.4) is 0 Å². The second kappa shape index (κ2) is 8.48. The van der Waals surface area contributed by atoms with Gasteiger partial charge in [-0.3, -0.25) is 0 Å². The topological polar surface area (TPSA) is 81.8 Å². The first-order chi connectivity index (χ1) is 12.8. The molecular weight excluding hydrogens is 364 g/mol. The third-order valence-electron chi connectivity index (χ3n) is 5.41. The second-order valence-electron chi connectivity index (χ2n) is 7.78. The fraction of sp³-hybridized carbons (Fsp3) is 0.632. The molecule has 1 aromatic rings. The Labute approximate surface area is 162 Å². The summed E-state index contributed by atoms with van der Waals surface area (Å²) in [4.78, 5) is 16.9. The van der Waals surface area contributed by atoms with Gasteiger partial charge in [0.2, 0.25) is 0 Å². The van der Waals surface area contributed by atoms with Crippen molar-refractivity contribution in [3.8, 4) is 0 Å². The summed E-state index contributed by atoms with van der Waals surface area (Å²) in [5, 5.41) is 5.81. The van der Waals surface area contributed by atoms with Gasteiger partial charge in [0, 0.05) is 44.1 Å². The van der Waals surface area contributed by atoms with Crippen molar-refractivity contribution >= 4 is 27.2 Å². The van der Waals surface area contributed by atoms with Crippen LogP contribution in [0.5, 0.6) is 0 Å². The van der Waals surface area contributed by atoms with Crippen LogP contribution < -0.4 is 15.5 Å². The number of piperazine rings is 1. The lowest BCUT2D eigenvalue weighted by molar-refractivity contribution is 0.249. The third kappa shape index (κ3) is 5.84. The van der Waals surface area contributed by atoms with E-state index in [1.807, 2.05) is 19.1 Å². The molecule has 0 aliphatic carbocycles. The highest BCUT2D eigenvalue weighted by Gasteiger charge is 2.23. The van der Waals surface area contributed by atoms with Crippen molar-refractivity contribution < 1.29 is 13.2 Å². The molecule has 2 N–H and O–H groups in total. The number of amides is 2. The fourth-order valence-electron chi connectivity index (χ4n) is 3.64. The van der Waals surface area contributed by atoms with Crippen LogP contribution in [-0.2, 0) is 9.84 Å². The summed E-state index contributed by atoms with van der Waals surface area (Å²) < 4.78 is 23.0. The zero-order valence-corrected chi connectivity index (χ0v) is 17.0. The van der Waals surface area contributed by atoms with Crippen LogP contribution in [0.4, 0.5) is 16.2 Å². The summed E-state index contributed by atoms with van der Waals surface area (Å²) in [5.74, 6) is 0.693. The summed E-state index contributed by atoms with van der Waals surface area (Å²) in [7, 11) is -0.731. The number of sulfone groups is 1. The van der Waals surface area contributed by atoms with Gasteiger partial charge in [-0.05, 0) is 56.5 Å². The average Bonchev–Trinajstić information content (AvgIpc) is 2.61. The number of urea groups is 1. The maximum Gasteiger partial charge on any atom is 0.319 e. The first-order valence-electron chi connectivity index (χ1n) is 9.61. The predicted molar refractivity (Wildman–Crippen MR) is 109 cm³/mol. The maximum absolute atomic E-state index is 12.3. The molecule has 0 bridgehead atoms. The number of nitrogens with one attached hydrogen (secondary N) is 2. The highest BCUT2D eigenvalue weighted by Crippen LogP contribution is 2.23. The van der Waals surface area contributed by atoms with Crippen molar-refractivity contribution in [2.45, 2.75) is 19.8 Å². The van der Waals surface area contributed by atoms with Gasteiger partial charge in [-0.1, -0.05) is 0 Å². The minimum absolute atomic E-state index is 0.229. The molecule has 3 rings (SSSR count). The Balaban J connectivity index is 1.53. The van der Waals surface area contributed by atoms with E-state index in [0.717, 1.165) is 43.1 Å². The Kier molecular flexibility index (Phi) is 6.26. The van der Waals surface area contributed by atoms with Crippen LogP contribution in [0.15, 0.2) is 18.2 Å². The number of anilines is 2. The Morgan fingerprint density at radius 1 is 1.11 bits per heavy atom. The minimum Gasteiger partial charge on any atom is -0.369 e.